The highest BCUT2D eigenvalue weighted by Crippen LogP contribution is 2.39. The van der Waals surface area contributed by atoms with Gasteiger partial charge in [-0.1, -0.05) is 0 Å². The van der Waals surface area contributed by atoms with Gasteiger partial charge in [0.25, 0.3) is 0 Å². The average Bonchev–Trinajstić information content (AvgIpc) is 2.10. The number of hydrogen-bond acceptors (Lipinski definition) is 3. The van der Waals surface area contributed by atoms with Crippen LogP contribution in [0.5, 0.6) is 0 Å². The minimum absolute atomic E-state index is 0.00697. The van der Waals surface area contributed by atoms with E-state index in [1.807, 2.05) is 0 Å². The molecule has 72 valence electrons. The van der Waals surface area contributed by atoms with E-state index in [2.05, 4.69) is 20.9 Å². The van der Waals surface area contributed by atoms with Crippen molar-refractivity contribution in [2.45, 2.75) is 13.8 Å². The number of diazo groups is 1. The van der Waals surface area contributed by atoms with Gasteiger partial charge in [0.2, 0.25) is 5.39 Å². The Morgan fingerprint density at radius 3 is 2.50 bits per heavy atom. The van der Waals surface area contributed by atoms with Crippen molar-refractivity contribution in [3.63, 3.8) is 0 Å². The molecule has 14 heavy (non-hydrogen) atoms. The predicted molar refractivity (Wildman–Crippen MR) is 55.0 cm³/mol. The van der Waals surface area contributed by atoms with Gasteiger partial charge in [0.1, 0.15) is 4.47 Å². The van der Waals surface area contributed by atoms with Crippen LogP contribution in [0.1, 0.15) is 11.1 Å². The molecule has 0 saturated heterocycles. The maximum Gasteiger partial charge on any atom is 0.465 e. The summed E-state index contributed by atoms with van der Waals surface area (Å²) in [5.41, 5.74) is 1.10. The summed E-state index contributed by atoms with van der Waals surface area (Å²) in [6.45, 7) is 3.40. The van der Waals surface area contributed by atoms with Crippen molar-refractivity contribution in [3.05, 3.63) is 36.8 Å². The zero-order chi connectivity index (χ0) is 10.9. The van der Waals surface area contributed by atoms with Crippen LogP contribution in [-0.2, 0) is 0 Å². The number of aryl methyl sites for hydroxylation is 2. The van der Waals surface area contributed by atoms with E-state index in [9.17, 15) is 10.1 Å². The van der Waals surface area contributed by atoms with Gasteiger partial charge in [-0.2, -0.15) is 0 Å². The molecule has 0 fully saturated rings. The van der Waals surface area contributed by atoms with Crippen LogP contribution in [0.4, 0.5) is 11.4 Å². The lowest BCUT2D eigenvalue weighted by molar-refractivity contribution is -0.384. The maximum atomic E-state index is 10.7. The zero-order valence-corrected chi connectivity index (χ0v) is 9.20. The minimum Gasteiger partial charge on any atom is -0.258 e. The molecule has 0 aliphatic heterocycles. The molecule has 5 nitrogen and oxygen atoms in total. The largest absolute Gasteiger partial charge is 0.465 e. The van der Waals surface area contributed by atoms with E-state index >= 15 is 0 Å². The van der Waals surface area contributed by atoms with Crippen LogP contribution in [0.3, 0.4) is 0 Å². The standard InChI is InChI=1S/C8H7BrN3O2/c1-4-3-5(2)7(11-10)8(6(4)9)12(13)14/h3H,1-2H3/q+1. The Bertz CT molecular complexity index is 451. The summed E-state index contributed by atoms with van der Waals surface area (Å²) in [5.74, 6) is 0. The molecule has 0 aliphatic rings. The monoisotopic (exact) mass is 256 g/mol. The number of rotatable bonds is 1. The molecule has 0 N–H and O–H groups in total. The van der Waals surface area contributed by atoms with E-state index in [1.54, 1.807) is 19.9 Å². The van der Waals surface area contributed by atoms with E-state index in [-0.39, 0.29) is 11.4 Å². The summed E-state index contributed by atoms with van der Waals surface area (Å²) in [6, 6.07) is 1.71. The highest BCUT2D eigenvalue weighted by Gasteiger charge is 2.32. The van der Waals surface area contributed by atoms with Gasteiger partial charge >= 0.3 is 11.4 Å². The second-order valence-electron chi connectivity index (χ2n) is 2.88. The molecule has 0 heterocycles. The van der Waals surface area contributed by atoms with Gasteiger partial charge < -0.3 is 0 Å². The van der Waals surface area contributed by atoms with Gasteiger partial charge in [-0.3, -0.25) is 10.1 Å². The first-order chi connectivity index (χ1) is 6.49. The molecule has 0 aromatic heterocycles. The fourth-order valence-corrected chi connectivity index (χ4v) is 1.67. The van der Waals surface area contributed by atoms with Crippen LogP contribution >= 0.6 is 15.9 Å². The molecule has 0 aliphatic carbocycles. The molecule has 0 amide bonds. The lowest BCUT2D eigenvalue weighted by atomic mass is 10.1. The van der Waals surface area contributed by atoms with Gasteiger partial charge in [0, 0.05) is 0 Å². The van der Waals surface area contributed by atoms with Crippen molar-refractivity contribution in [1.29, 1.82) is 5.39 Å². The molecule has 6 heteroatoms. The van der Waals surface area contributed by atoms with Crippen molar-refractivity contribution >= 4 is 27.3 Å². The van der Waals surface area contributed by atoms with Crippen molar-refractivity contribution in [2.75, 3.05) is 0 Å². The molecule has 0 spiro atoms. The molecule has 0 unspecified atom stereocenters. The highest BCUT2D eigenvalue weighted by atomic mass is 79.9. The lowest BCUT2D eigenvalue weighted by Gasteiger charge is -1.98. The molecular formula is C8H7BrN3O2+. The van der Waals surface area contributed by atoms with Crippen molar-refractivity contribution in [2.24, 2.45) is 0 Å². The molecular weight excluding hydrogens is 250 g/mol. The quantitative estimate of drug-likeness (QED) is 0.439. The summed E-state index contributed by atoms with van der Waals surface area (Å²) in [4.78, 5) is 13.1. The Labute approximate surface area is 88.6 Å². The number of nitro benzene ring substituents is 1. The molecule has 0 bridgehead atoms. The normalized spacial score (nSPS) is 9.57. The SMILES string of the molecule is Cc1cc(C)c([N+]#N)c([N+](=O)[O-])c1Br. The van der Waals surface area contributed by atoms with Crippen LogP contribution in [0.15, 0.2) is 10.5 Å². The third-order valence-corrected chi connectivity index (χ3v) is 2.87. The fourth-order valence-electron chi connectivity index (χ4n) is 1.23. The van der Waals surface area contributed by atoms with Crippen LogP contribution in [-0.4, -0.2) is 4.92 Å². The summed E-state index contributed by atoms with van der Waals surface area (Å²) in [6.07, 6.45) is 0. The Hall–Kier alpha value is -1.48. The van der Waals surface area contributed by atoms with E-state index in [0.29, 0.717) is 10.0 Å². The van der Waals surface area contributed by atoms with Crippen LogP contribution in [0.25, 0.3) is 4.98 Å². The van der Waals surface area contributed by atoms with E-state index in [0.717, 1.165) is 5.56 Å². The maximum absolute atomic E-state index is 10.7. The summed E-state index contributed by atoms with van der Waals surface area (Å²) in [7, 11) is 0. The second-order valence-corrected chi connectivity index (χ2v) is 3.67. The second kappa shape index (κ2) is 3.72. The smallest absolute Gasteiger partial charge is 0.258 e. The van der Waals surface area contributed by atoms with E-state index < -0.39 is 4.92 Å². The van der Waals surface area contributed by atoms with Gasteiger partial charge in [-0.05, 0) is 41.4 Å². The molecule has 1 aromatic carbocycles. The first-order valence-electron chi connectivity index (χ1n) is 3.78. The number of halogens is 1. The van der Waals surface area contributed by atoms with Crippen molar-refractivity contribution in [1.82, 2.24) is 0 Å². The highest BCUT2D eigenvalue weighted by molar-refractivity contribution is 9.10. The Kier molecular flexibility index (Phi) is 2.81. The Balaban J connectivity index is 3.67. The first-order valence-corrected chi connectivity index (χ1v) is 4.57. The topological polar surface area (TPSA) is 71.3 Å². The molecule has 0 radical (unpaired) electrons. The van der Waals surface area contributed by atoms with Crippen molar-refractivity contribution in [3.8, 4) is 0 Å². The predicted octanol–water partition coefficient (Wildman–Crippen LogP) is 3.46. The summed E-state index contributed by atoms with van der Waals surface area (Å²) in [5, 5.41) is 19.4. The minimum atomic E-state index is -0.570. The Morgan fingerprint density at radius 1 is 1.50 bits per heavy atom. The third kappa shape index (κ3) is 1.59. The van der Waals surface area contributed by atoms with Crippen molar-refractivity contribution < 1.29 is 4.92 Å². The first kappa shape index (κ1) is 10.6. The number of nitrogens with zero attached hydrogens (tertiary/aromatic N) is 3. The zero-order valence-electron chi connectivity index (χ0n) is 7.61. The fraction of sp³-hybridized carbons (Fsp3) is 0.250. The molecule has 1 rings (SSSR count). The molecule has 1 aromatic rings. The number of nitro groups is 1. The molecule has 0 saturated carbocycles. The average molecular weight is 257 g/mol. The Morgan fingerprint density at radius 2 is 2.07 bits per heavy atom. The van der Waals surface area contributed by atoms with Crippen LogP contribution in [0, 0.1) is 29.4 Å². The van der Waals surface area contributed by atoms with E-state index in [1.165, 1.54) is 0 Å². The van der Waals surface area contributed by atoms with Crippen LogP contribution < -0.4 is 0 Å². The van der Waals surface area contributed by atoms with Gasteiger partial charge in [0.15, 0.2) is 4.98 Å². The van der Waals surface area contributed by atoms with Gasteiger partial charge in [0.05, 0.1) is 10.5 Å². The van der Waals surface area contributed by atoms with Crippen LogP contribution in [0.2, 0.25) is 0 Å². The number of benzene rings is 1. The third-order valence-electron chi connectivity index (χ3n) is 1.87. The summed E-state index contributed by atoms with van der Waals surface area (Å²) < 4.78 is 0.348. The molecule has 0 atom stereocenters. The van der Waals surface area contributed by atoms with E-state index in [4.69, 9.17) is 5.39 Å². The van der Waals surface area contributed by atoms with Gasteiger partial charge in [-0.15, -0.1) is 0 Å². The van der Waals surface area contributed by atoms with Gasteiger partial charge in [-0.25, -0.2) is 0 Å². The lowest BCUT2D eigenvalue weighted by Crippen LogP contribution is -1.93. The summed E-state index contributed by atoms with van der Waals surface area (Å²) >= 11 is 3.09. The number of hydrogen-bond donors (Lipinski definition) is 0.